The number of esters is 1. The van der Waals surface area contributed by atoms with Crippen LogP contribution in [0.15, 0.2) is 34.9 Å². The maximum absolute atomic E-state index is 12.5. The first-order valence-corrected chi connectivity index (χ1v) is 10.5. The molecule has 1 aromatic carbocycles. The number of nitrogens with one attached hydrogen (secondary N) is 1. The average molecular weight is 398 g/mol. The molecule has 0 spiro atoms. The molecular formula is C23H31N3O3. The van der Waals surface area contributed by atoms with Crippen LogP contribution in [0.1, 0.15) is 50.9 Å². The van der Waals surface area contributed by atoms with Gasteiger partial charge in [-0.05, 0) is 58.5 Å². The highest BCUT2D eigenvalue weighted by atomic mass is 16.5. The van der Waals surface area contributed by atoms with Gasteiger partial charge in [0.2, 0.25) is 0 Å². The highest BCUT2D eigenvalue weighted by Gasteiger charge is 2.22. The summed E-state index contributed by atoms with van der Waals surface area (Å²) in [5.74, 6) is -0.389. The number of ether oxygens (including phenoxy) is 1. The molecular weight excluding hydrogens is 366 g/mol. The molecule has 3 rings (SSSR count). The van der Waals surface area contributed by atoms with E-state index in [1.54, 1.807) is 13.1 Å². The topological polar surface area (TPSA) is 67.6 Å². The van der Waals surface area contributed by atoms with Crippen molar-refractivity contribution in [1.82, 2.24) is 9.88 Å². The highest BCUT2D eigenvalue weighted by Crippen LogP contribution is 2.34. The van der Waals surface area contributed by atoms with Gasteiger partial charge in [0.25, 0.3) is 0 Å². The summed E-state index contributed by atoms with van der Waals surface area (Å²) in [6.07, 6.45) is 3.66. The van der Waals surface area contributed by atoms with Crippen LogP contribution in [0.3, 0.4) is 0 Å². The third kappa shape index (κ3) is 4.70. The Balaban J connectivity index is 1.90. The molecule has 0 amide bonds. The molecule has 1 N–H and O–H groups in total. The van der Waals surface area contributed by atoms with Gasteiger partial charge in [0, 0.05) is 17.6 Å². The van der Waals surface area contributed by atoms with Gasteiger partial charge in [-0.1, -0.05) is 26.0 Å². The van der Waals surface area contributed by atoms with Gasteiger partial charge in [0.05, 0.1) is 12.3 Å². The van der Waals surface area contributed by atoms with Crippen LogP contribution in [-0.2, 0) is 4.74 Å². The van der Waals surface area contributed by atoms with Gasteiger partial charge in [-0.25, -0.2) is 4.79 Å². The summed E-state index contributed by atoms with van der Waals surface area (Å²) in [7, 11) is 0. The van der Waals surface area contributed by atoms with E-state index in [2.05, 4.69) is 36.0 Å². The first kappa shape index (κ1) is 21.1. The van der Waals surface area contributed by atoms with Gasteiger partial charge in [-0.3, -0.25) is 4.98 Å². The SMILES string of the molecule is CCOC(=O)c1cnc2c(oc3ccccc32)c1NC(C)CCCN(CC)CC. The normalized spacial score (nSPS) is 12.6. The standard InChI is InChI=1S/C23H31N3O3/c1-5-26(6-2)14-10-11-16(4)25-21-18(23(27)28-7-3)15-24-20-17-12-8-9-13-19(17)29-22(20)21/h8-9,12-13,15-16H,5-7,10-11,14H2,1-4H3,(H,24,25). The minimum atomic E-state index is -0.389. The van der Waals surface area contributed by atoms with Crippen LogP contribution in [0.2, 0.25) is 0 Å². The van der Waals surface area contributed by atoms with E-state index >= 15 is 0 Å². The molecule has 1 unspecified atom stereocenters. The molecule has 0 saturated carbocycles. The Morgan fingerprint density at radius 2 is 2.00 bits per heavy atom. The Morgan fingerprint density at radius 1 is 1.24 bits per heavy atom. The lowest BCUT2D eigenvalue weighted by Crippen LogP contribution is -2.26. The molecule has 0 saturated heterocycles. The second kappa shape index (κ2) is 9.74. The first-order chi connectivity index (χ1) is 14.1. The zero-order chi connectivity index (χ0) is 20.8. The number of pyridine rings is 1. The van der Waals surface area contributed by atoms with Crippen molar-refractivity contribution in [3.63, 3.8) is 0 Å². The van der Waals surface area contributed by atoms with Crippen LogP contribution >= 0.6 is 0 Å². The summed E-state index contributed by atoms with van der Waals surface area (Å²) >= 11 is 0. The van der Waals surface area contributed by atoms with E-state index in [4.69, 9.17) is 9.15 Å². The van der Waals surface area contributed by atoms with Crippen LogP contribution in [-0.4, -0.2) is 48.1 Å². The number of aromatic nitrogens is 1. The van der Waals surface area contributed by atoms with Gasteiger partial charge in [-0.15, -0.1) is 0 Å². The lowest BCUT2D eigenvalue weighted by atomic mass is 10.1. The van der Waals surface area contributed by atoms with E-state index in [1.165, 1.54) is 0 Å². The minimum Gasteiger partial charge on any atom is -0.462 e. The molecule has 0 aliphatic carbocycles. The number of fused-ring (bicyclic) bond motifs is 3. The quantitative estimate of drug-likeness (QED) is 0.481. The summed E-state index contributed by atoms with van der Waals surface area (Å²) in [6.45, 7) is 11.8. The summed E-state index contributed by atoms with van der Waals surface area (Å²) < 4.78 is 11.3. The van der Waals surface area contributed by atoms with Crippen LogP contribution in [0.25, 0.3) is 22.1 Å². The lowest BCUT2D eigenvalue weighted by molar-refractivity contribution is 0.0527. The van der Waals surface area contributed by atoms with Crippen molar-refractivity contribution >= 4 is 33.7 Å². The van der Waals surface area contributed by atoms with Crippen molar-refractivity contribution in [2.75, 3.05) is 31.6 Å². The largest absolute Gasteiger partial charge is 0.462 e. The number of carbonyl (C=O) groups is 1. The zero-order valence-corrected chi connectivity index (χ0v) is 17.8. The molecule has 2 aromatic heterocycles. The van der Waals surface area contributed by atoms with Crippen LogP contribution in [0.4, 0.5) is 5.69 Å². The Morgan fingerprint density at radius 3 is 2.72 bits per heavy atom. The maximum Gasteiger partial charge on any atom is 0.341 e. The molecule has 2 heterocycles. The molecule has 0 bridgehead atoms. The number of rotatable bonds is 10. The molecule has 0 aliphatic heterocycles. The summed E-state index contributed by atoms with van der Waals surface area (Å²) in [5.41, 5.74) is 3.20. The number of hydrogen-bond donors (Lipinski definition) is 1. The van der Waals surface area contributed by atoms with Crippen LogP contribution < -0.4 is 5.32 Å². The second-order valence-corrected chi connectivity index (χ2v) is 7.26. The number of carbonyl (C=O) groups excluding carboxylic acids is 1. The maximum atomic E-state index is 12.5. The van der Waals surface area contributed by atoms with Crippen LogP contribution in [0.5, 0.6) is 0 Å². The molecule has 1 atom stereocenters. The number of anilines is 1. The summed E-state index contributed by atoms with van der Waals surface area (Å²) in [4.78, 5) is 19.5. The third-order valence-corrected chi connectivity index (χ3v) is 5.28. The smallest absolute Gasteiger partial charge is 0.341 e. The molecule has 6 nitrogen and oxygen atoms in total. The first-order valence-electron chi connectivity index (χ1n) is 10.5. The number of hydrogen-bond acceptors (Lipinski definition) is 6. The van der Waals surface area contributed by atoms with E-state index in [1.807, 2.05) is 24.3 Å². The molecule has 0 fully saturated rings. The van der Waals surface area contributed by atoms with Crippen molar-refractivity contribution in [3.05, 3.63) is 36.0 Å². The predicted octanol–water partition coefficient (Wildman–Crippen LogP) is 5.08. The number of furan rings is 1. The Hall–Kier alpha value is -2.60. The highest BCUT2D eigenvalue weighted by molar-refractivity contribution is 6.11. The molecule has 29 heavy (non-hydrogen) atoms. The second-order valence-electron chi connectivity index (χ2n) is 7.26. The van der Waals surface area contributed by atoms with E-state index in [0.717, 1.165) is 49.0 Å². The fourth-order valence-corrected chi connectivity index (χ4v) is 3.63. The molecule has 3 aromatic rings. The fourth-order valence-electron chi connectivity index (χ4n) is 3.63. The fraction of sp³-hybridized carbons (Fsp3) is 0.478. The van der Waals surface area contributed by atoms with Gasteiger partial charge in [-0.2, -0.15) is 0 Å². The van der Waals surface area contributed by atoms with Crippen LogP contribution in [0, 0.1) is 0 Å². The van der Waals surface area contributed by atoms with Crippen molar-refractivity contribution in [2.24, 2.45) is 0 Å². The van der Waals surface area contributed by atoms with Gasteiger partial charge < -0.3 is 19.4 Å². The van der Waals surface area contributed by atoms with Crippen molar-refractivity contribution < 1.29 is 13.9 Å². The number of para-hydroxylation sites is 1. The Bertz CT molecular complexity index is 963. The van der Waals surface area contributed by atoms with E-state index in [0.29, 0.717) is 23.4 Å². The van der Waals surface area contributed by atoms with Gasteiger partial charge in [0.1, 0.15) is 16.7 Å². The summed E-state index contributed by atoms with van der Waals surface area (Å²) in [6, 6.07) is 7.96. The van der Waals surface area contributed by atoms with E-state index in [-0.39, 0.29) is 12.0 Å². The molecule has 156 valence electrons. The predicted molar refractivity (Wildman–Crippen MR) is 118 cm³/mol. The van der Waals surface area contributed by atoms with Crippen molar-refractivity contribution in [1.29, 1.82) is 0 Å². The van der Waals surface area contributed by atoms with Crippen molar-refractivity contribution in [2.45, 2.75) is 46.6 Å². The molecule has 6 heteroatoms. The average Bonchev–Trinajstić information content (AvgIpc) is 3.11. The minimum absolute atomic E-state index is 0.178. The van der Waals surface area contributed by atoms with Crippen molar-refractivity contribution in [3.8, 4) is 0 Å². The van der Waals surface area contributed by atoms with E-state index < -0.39 is 0 Å². The Kier molecular flexibility index (Phi) is 7.09. The van der Waals surface area contributed by atoms with Gasteiger partial charge in [0.15, 0.2) is 5.58 Å². The lowest BCUT2D eigenvalue weighted by Gasteiger charge is -2.21. The molecule has 0 aliphatic rings. The number of nitrogens with zero attached hydrogens (tertiary/aromatic N) is 2. The van der Waals surface area contributed by atoms with Gasteiger partial charge >= 0.3 is 5.97 Å². The zero-order valence-electron chi connectivity index (χ0n) is 17.8. The summed E-state index contributed by atoms with van der Waals surface area (Å²) in [5, 5.41) is 4.45. The monoisotopic (exact) mass is 397 g/mol. The van der Waals surface area contributed by atoms with E-state index in [9.17, 15) is 4.79 Å². The Labute approximate surface area is 172 Å². The third-order valence-electron chi connectivity index (χ3n) is 5.28. The number of benzene rings is 1. The molecule has 0 radical (unpaired) electrons.